The zero-order valence-electron chi connectivity index (χ0n) is 13.7. The Kier molecular flexibility index (Phi) is 3.73. The van der Waals surface area contributed by atoms with E-state index in [0.29, 0.717) is 18.7 Å². The molecule has 2 heterocycles. The van der Waals surface area contributed by atoms with E-state index in [1.807, 2.05) is 50.2 Å². The molecule has 0 atom stereocenters. The molecule has 0 N–H and O–H groups in total. The van der Waals surface area contributed by atoms with E-state index in [-0.39, 0.29) is 12.1 Å². The third kappa shape index (κ3) is 2.76. The zero-order valence-corrected chi connectivity index (χ0v) is 14.5. The Balaban J connectivity index is 1.38. The average Bonchev–Trinajstić information content (AvgIpc) is 2.96. The molecular weight excluding hydrogens is 320 g/mol. The van der Waals surface area contributed by atoms with Crippen LogP contribution in [0.4, 0.5) is 5.13 Å². The van der Waals surface area contributed by atoms with Gasteiger partial charge in [0.2, 0.25) is 0 Å². The number of carbonyl (C=O) groups excluding carboxylic acids is 1. The van der Waals surface area contributed by atoms with Crippen molar-refractivity contribution in [2.24, 2.45) is 0 Å². The van der Waals surface area contributed by atoms with Crippen molar-refractivity contribution < 1.29 is 9.53 Å². The summed E-state index contributed by atoms with van der Waals surface area (Å²) in [5, 5.41) is 0.995. The SMILES string of the molecule is Cc1ccc(C(=O)OC2CN(c3nc4ccccc4s3)C2)cc1C. The van der Waals surface area contributed by atoms with Crippen LogP contribution in [-0.2, 0) is 4.74 Å². The molecule has 0 saturated carbocycles. The van der Waals surface area contributed by atoms with Gasteiger partial charge in [-0.15, -0.1) is 0 Å². The van der Waals surface area contributed by atoms with E-state index in [9.17, 15) is 4.79 Å². The van der Waals surface area contributed by atoms with Gasteiger partial charge in [0, 0.05) is 0 Å². The number of hydrogen-bond acceptors (Lipinski definition) is 5. The summed E-state index contributed by atoms with van der Waals surface area (Å²) >= 11 is 1.68. The molecule has 122 valence electrons. The lowest BCUT2D eigenvalue weighted by Crippen LogP contribution is -2.53. The second-order valence-corrected chi connectivity index (χ2v) is 7.20. The van der Waals surface area contributed by atoms with Crippen molar-refractivity contribution in [3.8, 4) is 0 Å². The van der Waals surface area contributed by atoms with Crippen LogP contribution in [0, 0.1) is 13.8 Å². The summed E-state index contributed by atoms with van der Waals surface area (Å²) in [6.07, 6.45) is -0.0638. The molecule has 4 rings (SSSR count). The van der Waals surface area contributed by atoms with Gasteiger partial charge in [-0.3, -0.25) is 0 Å². The van der Waals surface area contributed by atoms with Gasteiger partial charge in [-0.25, -0.2) is 9.78 Å². The molecule has 2 aromatic carbocycles. The first kappa shape index (κ1) is 15.1. The van der Waals surface area contributed by atoms with Crippen molar-refractivity contribution in [2.45, 2.75) is 20.0 Å². The summed E-state index contributed by atoms with van der Waals surface area (Å²) in [7, 11) is 0. The van der Waals surface area contributed by atoms with Crippen molar-refractivity contribution in [3.63, 3.8) is 0 Å². The van der Waals surface area contributed by atoms with Gasteiger partial charge >= 0.3 is 5.97 Å². The highest BCUT2D eigenvalue weighted by atomic mass is 32.1. The van der Waals surface area contributed by atoms with Crippen molar-refractivity contribution in [1.82, 2.24) is 4.98 Å². The predicted octanol–water partition coefficient (Wildman–Crippen LogP) is 3.96. The minimum absolute atomic E-state index is 0.0638. The van der Waals surface area contributed by atoms with E-state index < -0.39 is 0 Å². The third-order valence-corrected chi connectivity index (χ3v) is 5.51. The lowest BCUT2D eigenvalue weighted by Gasteiger charge is -2.38. The number of esters is 1. The van der Waals surface area contributed by atoms with Gasteiger partial charge in [0.15, 0.2) is 5.13 Å². The van der Waals surface area contributed by atoms with Crippen LogP contribution in [0.5, 0.6) is 0 Å². The van der Waals surface area contributed by atoms with Crippen LogP contribution in [0.15, 0.2) is 42.5 Å². The van der Waals surface area contributed by atoms with Crippen molar-refractivity contribution in [3.05, 3.63) is 59.2 Å². The smallest absolute Gasteiger partial charge is 0.338 e. The number of aryl methyl sites for hydroxylation is 2. The Bertz CT molecular complexity index is 880. The minimum atomic E-state index is -0.243. The number of thiazole rings is 1. The average molecular weight is 338 g/mol. The maximum Gasteiger partial charge on any atom is 0.338 e. The van der Waals surface area contributed by atoms with E-state index in [1.165, 1.54) is 10.3 Å². The molecule has 0 radical (unpaired) electrons. The summed E-state index contributed by atoms with van der Waals surface area (Å²) in [5.74, 6) is -0.243. The third-order valence-electron chi connectivity index (χ3n) is 4.42. The van der Waals surface area contributed by atoms with E-state index >= 15 is 0 Å². The lowest BCUT2D eigenvalue weighted by molar-refractivity contribution is 0.0234. The molecule has 0 amide bonds. The molecule has 1 aromatic heterocycles. The number of para-hydroxylation sites is 1. The van der Waals surface area contributed by atoms with Crippen LogP contribution in [0.3, 0.4) is 0 Å². The number of rotatable bonds is 3. The van der Waals surface area contributed by atoms with Crippen LogP contribution in [-0.4, -0.2) is 30.1 Å². The number of benzene rings is 2. The Morgan fingerprint density at radius 3 is 2.71 bits per heavy atom. The first-order chi connectivity index (χ1) is 11.6. The first-order valence-electron chi connectivity index (χ1n) is 7.99. The molecule has 1 aliphatic rings. The molecule has 0 aliphatic carbocycles. The molecule has 3 aromatic rings. The largest absolute Gasteiger partial charge is 0.455 e. The number of nitrogens with zero attached hydrogens (tertiary/aromatic N) is 2. The fourth-order valence-corrected chi connectivity index (χ4v) is 3.74. The minimum Gasteiger partial charge on any atom is -0.455 e. The van der Waals surface area contributed by atoms with Crippen LogP contribution >= 0.6 is 11.3 Å². The summed E-state index contributed by atoms with van der Waals surface area (Å²) in [4.78, 5) is 19.0. The van der Waals surface area contributed by atoms with Crippen LogP contribution in [0.2, 0.25) is 0 Å². The predicted molar refractivity (Wildman–Crippen MR) is 97.0 cm³/mol. The molecule has 1 aliphatic heterocycles. The molecule has 0 unspecified atom stereocenters. The highest BCUT2D eigenvalue weighted by Crippen LogP contribution is 2.31. The summed E-state index contributed by atoms with van der Waals surface area (Å²) < 4.78 is 6.77. The van der Waals surface area contributed by atoms with Gasteiger partial charge in [0.1, 0.15) is 6.10 Å². The summed E-state index contributed by atoms with van der Waals surface area (Å²) in [5.41, 5.74) is 3.93. The standard InChI is InChI=1S/C19H18N2O2S/c1-12-7-8-14(9-13(12)2)18(22)23-15-10-21(11-15)19-20-16-5-3-4-6-17(16)24-19/h3-9,15H,10-11H2,1-2H3. The lowest BCUT2D eigenvalue weighted by atomic mass is 10.1. The topological polar surface area (TPSA) is 42.4 Å². The number of ether oxygens (including phenoxy) is 1. The van der Waals surface area contributed by atoms with Crippen molar-refractivity contribution >= 4 is 32.7 Å². The van der Waals surface area contributed by atoms with E-state index in [0.717, 1.165) is 16.2 Å². The number of anilines is 1. The number of hydrogen-bond donors (Lipinski definition) is 0. The monoisotopic (exact) mass is 338 g/mol. The van der Waals surface area contributed by atoms with Crippen LogP contribution in [0.1, 0.15) is 21.5 Å². The quantitative estimate of drug-likeness (QED) is 0.678. The molecule has 1 fully saturated rings. The van der Waals surface area contributed by atoms with Gasteiger partial charge in [-0.1, -0.05) is 29.5 Å². The van der Waals surface area contributed by atoms with E-state index in [1.54, 1.807) is 11.3 Å². The molecule has 1 saturated heterocycles. The van der Waals surface area contributed by atoms with Gasteiger partial charge in [0.05, 0.1) is 28.9 Å². The Morgan fingerprint density at radius 2 is 1.96 bits per heavy atom. The fourth-order valence-electron chi connectivity index (χ4n) is 2.75. The first-order valence-corrected chi connectivity index (χ1v) is 8.80. The van der Waals surface area contributed by atoms with Crippen molar-refractivity contribution in [1.29, 1.82) is 0 Å². The summed E-state index contributed by atoms with van der Waals surface area (Å²) in [6, 6.07) is 13.8. The molecule has 4 nitrogen and oxygen atoms in total. The number of fused-ring (bicyclic) bond motifs is 1. The maximum absolute atomic E-state index is 12.2. The number of aromatic nitrogens is 1. The molecule has 0 spiro atoms. The Labute approximate surface area is 144 Å². The highest BCUT2D eigenvalue weighted by molar-refractivity contribution is 7.22. The molecule has 0 bridgehead atoms. The van der Waals surface area contributed by atoms with E-state index in [4.69, 9.17) is 4.74 Å². The highest BCUT2D eigenvalue weighted by Gasteiger charge is 2.32. The normalized spacial score (nSPS) is 14.7. The maximum atomic E-state index is 12.2. The Morgan fingerprint density at radius 1 is 1.17 bits per heavy atom. The second-order valence-electron chi connectivity index (χ2n) is 6.20. The van der Waals surface area contributed by atoms with E-state index in [2.05, 4.69) is 16.0 Å². The number of carbonyl (C=O) groups is 1. The van der Waals surface area contributed by atoms with Crippen molar-refractivity contribution in [2.75, 3.05) is 18.0 Å². The Hall–Kier alpha value is -2.40. The fraction of sp³-hybridized carbons (Fsp3) is 0.263. The van der Waals surface area contributed by atoms with Gasteiger partial charge in [0.25, 0.3) is 0 Å². The van der Waals surface area contributed by atoms with Gasteiger partial charge in [-0.05, 0) is 49.2 Å². The summed E-state index contributed by atoms with van der Waals surface area (Å²) in [6.45, 7) is 5.45. The van der Waals surface area contributed by atoms with Gasteiger partial charge < -0.3 is 9.64 Å². The molecule has 5 heteroatoms. The van der Waals surface area contributed by atoms with Crippen LogP contribution in [0.25, 0.3) is 10.2 Å². The molecule has 24 heavy (non-hydrogen) atoms. The second kappa shape index (κ2) is 5.91. The zero-order chi connectivity index (χ0) is 16.7. The molecular formula is C19H18N2O2S. The van der Waals surface area contributed by atoms with Gasteiger partial charge in [-0.2, -0.15) is 0 Å². The van der Waals surface area contributed by atoms with Crippen LogP contribution < -0.4 is 4.90 Å².